The average molecular weight is 309 g/mol. The first kappa shape index (κ1) is 14.6. The molecule has 0 aromatic heterocycles. The molecule has 0 atom stereocenters. The van der Waals surface area contributed by atoms with E-state index < -0.39 is 10.0 Å². The van der Waals surface area contributed by atoms with Crippen molar-refractivity contribution >= 4 is 27.5 Å². The summed E-state index contributed by atoms with van der Waals surface area (Å²) in [6.07, 6.45) is 0. The number of nitrogens with zero attached hydrogens (tertiary/aromatic N) is 1. The van der Waals surface area contributed by atoms with Crippen molar-refractivity contribution in [3.05, 3.63) is 64.7 Å². The Morgan fingerprint density at radius 2 is 1.70 bits per heavy atom. The number of halogens is 1. The monoisotopic (exact) mass is 308 g/mol. The van der Waals surface area contributed by atoms with Crippen LogP contribution in [0.25, 0.3) is 0 Å². The summed E-state index contributed by atoms with van der Waals surface area (Å²) in [4.78, 5) is 0.0955. The lowest BCUT2D eigenvalue weighted by atomic mass is 10.2. The van der Waals surface area contributed by atoms with E-state index in [1.165, 1.54) is 12.1 Å². The largest absolute Gasteiger partial charge is 0.382 e. The third kappa shape index (κ3) is 3.18. The lowest BCUT2D eigenvalue weighted by Crippen LogP contribution is -2.16. The number of sulfonamides is 1. The van der Waals surface area contributed by atoms with Crippen LogP contribution >= 0.6 is 11.6 Å². The molecule has 0 radical (unpaired) electrons. The molecule has 0 bridgehead atoms. The Bertz CT molecular complexity index is 753. The van der Waals surface area contributed by atoms with Gasteiger partial charge in [0.05, 0.1) is 9.92 Å². The highest BCUT2D eigenvalue weighted by Gasteiger charge is 2.14. The minimum absolute atomic E-state index is 0.0955. The highest BCUT2D eigenvalue weighted by atomic mass is 35.5. The van der Waals surface area contributed by atoms with Gasteiger partial charge >= 0.3 is 0 Å². The fourth-order valence-corrected chi connectivity index (χ4v) is 2.79. The number of nitrogens with two attached hydrogens (primary N) is 1. The summed E-state index contributed by atoms with van der Waals surface area (Å²) in [5.41, 5.74) is 7.09. The van der Waals surface area contributed by atoms with Crippen LogP contribution in [0.15, 0.2) is 57.8 Å². The van der Waals surface area contributed by atoms with Gasteiger partial charge in [0.1, 0.15) is 5.84 Å². The highest BCUT2D eigenvalue weighted by Crippen LogP contribution is 2.17. The van der Waals surface area contributed by atoms with Gasteiger partial charge in [-0.3, -0.25) is 0 Å². The van der Waals surface area contributed by atoms with Crippen LogP contribution in [0, 0.1) is 6.92 Å². The Kier molecular flexibility index (Phi) is 4.11. The molecule has 0 aliphatic heterocycles. The molecule has 2 aromatic carbocycles. The van der Waals surface area contributed by atoms with Crippen LogP contribution in [0.4, 0.5) is 0 Å². The minimum Gasteiger partial charge on any atom is -0.382 e. The Morgan fingerprint density at radius 3 is 2.30 bits per heavy atom. The van der Waals surface area contributed by atoms with Gasteiger partial charge in [-0.1, -0.05) is 41.4 Å². The van der Waals surface area contributed by atoms with Crippen LogP contribution in [-0.2, 0) is 10.0 Å². The number of aryl methyl sites for hydroxylation is 1. The normalized spacial score (nSPS) is 12.4. The number of rotatable bonds is 3. The van der Waals surface area contributed by atoms with Crippen molar-refractivity contribution in [1.29, 1.82) is 0 Å². The van der Waals surface area contributed by atoms with Gasteiger partial charge in [-0.15, -0.1) is 4.40 Å². The molecule has 2 N–H and O–H groups in total. The number of hydrogen-bond acceptors (Lipinski definition) is 2. The smallest absolute Gasteiger partial charge is 0.284 e. The zero-order valence-electron chi connectivity index (χ0n) is 10.7. The molecule has 0 fully saturated rings. The first-order valence-electron chi connectivity index (χ1n) is 5.82. The summed E-state index contributed by atoms with van der Waals surface area (Å²) in [5.74, 6) is -0.129. The van der Waals surface area contributed by atoms with Crippen molar-refractivity contribution in [2.45, 2.75) is 11.8 Å². The van der Waals surface area contributed by atoms with Crippen molar-refractivity contribution in [2.24, 2.45) is 10.1 Å². The van der Waals surface area contributed by atoms with Crippen LogP contribution in [0.3, 0.4) is 0 Å². The molecule has 6 heteroatoms. The fraction of sp³-hybridized carbons (Fsp3) is 0.0714. The third-order valence-electron chi connectivity index (χ3n) is 2.69. The summed E-state index contributed by atoms with van der Waals surface area (Å²) >= 11 is 5.96. The van der Waals surface area contributed by atoms with Gasteiger partial charge < -0.3 is 5.73 Å². The van der Waals surface area contributed by atoms with Gasteiger partial charge in [-0.25, -0.2) is 0 Å². The van der Waals surface area contributed by atoms with Gasteiger partial charge in [0.25, 0.3) is 10.0 Å². The summed E-state index contributed by atoms with van der Waals surface area (Å²) in [6.45, 7) is 1.87. The molecule has 104 valence electrons. The maximum atomic E-state index is 12.1. The van der Waals surface area contributed by atoms with E-state index in [1.54, 1.807) is 36.4 Å². The second-order valence-electron chi connectivity index (χ2n) is 4.24. The molecule has 0 spiro atoms. The Balaban J connectivity index is 2.43. The van der Waals surface area contributed by atoms with E-state index in [4.69, 9.17) is 17.3 Å². The van der Waals surface area contributed by atoms with Crippen molar-refractivity contribution in [3.63, 3.8) is 0 Å². The number of amidine groups is 1. The lowest BCUT2D eigenvalue weighted by molar-refractivity contribution is 0.598. The topological polar surface area (TPSA) is 72.5 Å². The standard InChI is InChI=1S/C14H13ClN2O2S/c1-10-6-8-11(9-7-10)20(18,19)17-14(16)12-4-2-3-5-13(12)15/h2-9H,1H3,(H2,16,17). The summed E-state index contributed by atoms with van der Waals surface area (Å²) in [5, 5.41) is 0.354. The zero-order valence-corrected chi connectivity index (χ0v) is 12.3. The summed E-state index contributed by atoms with van der Waals surface area (Å²) in [7, 11) is -3.84. The van der Waals surface area contributed by atoms with E-state index in [0.29, 0.717) is 10.6 Å². The van der Waals surface area contributed by atoms with Gasteiger partial charge in [-0.05, 0) is 31.2 Å². The Labute approximate surface area is 123 Å². The molecule has 0 unspecified atom stereocenters. The molecule has 2 aromatic rings. The predicted molar refractivity (Wildman–Crippen MR) is 80.5 cm³/mol. The second-order valence-corrected chi connectivity index (χ2v) is 6.26. The summed E-state index contributed by atoms with van der Waals surface area (Å²) in [6, 6.07) is 13.1. The van der Waals surface area contributed by atoms with Crippen LogP contribution in [-0.4, -0.2) is 14.3 Å². The quantitative estimate of drug-likeness (QED) is 0.700. The van der Waals surface area contributed by atoms with E-state index in [0.717, 1.165) is 5.56 Å². The zero-order chi connectivity index (χ0) is 14.8. The van der Waals surface area contributed by atoms with Crippen LogP contribution in [0.2, 0.25) is 5.02 Å². The van der Waals surface area contributed by atoms with E-state index in [-0.39, 0.29) is 10.7 Å². The average Bonchev–Trinajstić information content (AvgIpc) is 2.39. The van der Waals surface area contributed by atoms with Crippen LogP contribution in [0.1, 0.15) is 11.1 Å². The molecule has 0 saturated heterocycles. The van der Waals surface area contributed by atoms with Gasteiger partial charge in [0.2, 0.25) is 0 Å². The van der Waals surface area contributed by atoms with Crippen LogP contribution < -0.4 is 5.73 Å². The number of hydrogen-bond donors (Lipinski definition) is 1. The van der Waals surface area contributed by atoms with Gasteiger partial charge in [-0.2, -0.15) is 8.42 Å². The molecular formula is C14H13ClN2O2S. The molecule has 0 aliphatic carbocycles. The molecule has 4 nitrogen and oxygen atoms in total. The van der Waals surface area contributed by atoms with E-state index >= 15 is 0 Å². The minimum atomic E-state index is -3.84. The molecule has 20 heavy (non-hydrogen) atoms. The van der Waals surface area contributed by atoms with Crippen molar-refractivity contribution in [1.82, 2.24) is 0 Å². The van der Waals surface area contributed by atoms with Crippen LogP contribution in [0.5, 0.6) is 0 Å². The van der Waals surface area contributed by atoms with Crippen molar-refractivity contribution < 1.29 is 8.42 Å². The number of benzene rings is 2. The molecule has 2 rings (SSSR count). The SMILES string of the molecule is Cc1ccc(S(=O)(=O)N=C(N)c2ccccc2Cl)cc1. The highest BCUT2D eigenvalue weighted by molar-refractivity contribution is 7.90. The van der Waals surface area contributed by atoms with Gasteiger partial charge in [0.15, 0.2) is 0 Å². The van der Waals surface area contributed by atoms with E-state index in [1.807, 2.05) is 6.92 Å². The van der Waals surface area contributed by atoms with E-state index in [2.05, 4.69) is 4.40 Å². The predicted octanol–water partition coefficient (Wildman–Crippen LogP) is 2.74. The van der Waals surface area contributed by atoms with Gasteiger partial charge in [0, 0.05) is 5.56 Å². The molecule has 0 heterocycles. The maximum absolute atomic E-state index is 12.1. The second kappa shape index (κ2) is 5.64. The first-order chi connectivity index (χ1) is 9.40. The maximum Gasteiger partial charge on any atom is 0.284 e. The third-order valence-corrected chi connectivity index (χ3v) is 4.32. The molecule has 0 aliphatic rings. The Morgan fingerprint density at radius 1 is 1.10 bits per heavy atom. The molecule has 0 saturated carbocycles. The molecule has 0 amide bonds. The van der Waals surface area contributed by atoms with Crippen molar-refractivity contribution in [3.8, 4) is 0 Å². The fourth-order valence-electron chi connectivity index (χ4n) is 1.61. The van der Waals surface area contributed by atoms with E-state index in [9.17, 15) is 8.42 Å². The van der Waals surface area contributed by atoms with Crippen molar-refractivity contribution in [2.75, 3.05) is 0 Å². The lowest BCUT2D eigenvalue weighted by Gasteiger charge is -2.04. The summed E-state index contributed by atoms with van der Waals surface area (Å²) < 4.78 is 27.9. The molecular weight excluding hydrogens is 296 g/mol. The Hall–Kier alpha value is -1.85. The first-order valence-corrected chi connectivity index (χ1v) is 7.64.